The van der Waals surface area contributed by atoms with Gasteiger partial charge < -0.3 is 20.3 Å². The Balaban J connectivity index is 1.58. The lowest BCUT2D eigenvalue weighted by atomic mass is 9.94. The predicted molar refractivity (Wildman–Crippen MR) is 141 cm³/mol. The van der Waals surface area contributed by atoms with Gasteiger partial charge in [0.1, 0.15) is 0 Å². The molecular weight excluding hydrogens is 438 g/mol. The van der Waals surface area contributed by atoms with Crippen LogP contribution in [0.3, 0.4) is 0 Å². The van der Waals surface area contributed by atoms with Crippen molar-refractivity contribution in [3.63, 3.8) is 0 Å². The number of carboxylic acid groups (broad SMARTS) is 1. The summed E-state index contributed by atoms with van der Waals surface area (Å²) in [6, 6.07) is 21.8. The van der Waals surface area contributed by atoms with Gasteiger partial charge in [-0.15, -0.1) is 0 Å². The van der Waals surface area contributed by atoms with Gasteiger partial charge in [-0.1, -0.05) is 66.2 Å². The predicted octanol–water partition coefficient (Wildman–Crippen LogP) is 5.72. The molecule has 5 nitrogen and oxygen atoms in total. The molecule has 5 heteroatoms. The molecule has 0 saturated carbocycles. The highest BCUT2D eigenvalue weighted by Crippen LogP contribution is 2.31. The quantitative estimate of drug-likeness (QED) is 0.331. The molecule has 186 valence electrons. The number of hydrogen-bond donors (Lipinski definition) is 3. The van der Waals surface area contributed by atoms with E-state index in [1.54, 1.807) is 13.0 Å². The van der Waals surface area contributed by atoms with Crippen LogP contribution in [0.4, 0.5) is 0 Å². The lowest BCUT2D eigenvalue weighted by Crippen LogP contribution is -2.46. The topological polar surface area (TPSA) is 78.8 Å². The highest BCUT2D eigenvalue weighted by Gasteiger charge is 2.20. The Hall–Kier alpha value is -2.99. The van der Waals surface area contributed by atoms with Crippen LogP contribution in [0.5, 0.6) is 0 Å². The van der Waals surface area contributed by atoms with E-state index in [0.29, 0.717) is 17.7 Å². The Morgan fingerprint density at radius 3 is 2.37 bits per heavy atom. The molecule has 3 aromatic rings. The molecule has 3 N–H and O–H groups in total. The van der Waals surface area contributed by atoms with Gasteiger partial charge in [-0.05, 0) is 74.9 Å². The molecule has 0 bridgehead atoms. The molecule has 35 heavy (non-hydrogen) atoms. The summed E-state index contributed by atoms with van der Waals surface area (Å²) in [5, 5.41) is 23.4. The van der Waals surface area contributed by atoms with Crippen LogP contribution in [-0.4, -0.2) is 41.0 Å². The van der Waals surface area contributed by atoms with Crippen LogP contribution in [0, 0.1) is 13.8 Å². The first kappa shape index (κ1) is 26.6. The number of aliphatic hydroxyl groups excluding tert-OH is 1. The zero-order chi connectivity index (χ0) is 25.6. The van der Waals surface area contributed by atoms with Crippen molar-refractivity contribution < 1.29 is 19.7 Å². The number of nitrogens with one attached hydrogen (secondary N) is 1. The van der Waals surface area contributed by atoms with E-state index in [1.165, 1.54) is 11.1 Å². The first-order chi connectivity index (χ1) is 16.6. The Kier molecular flexibility index (Phi) is 8.84. The number of benzene rings is 3. The van der Waals surface area contributed by atoms with Gasteiger partial charge in [-0.3, -0.25) is 0 Å². The molecule has 0 amide bonds. The summed E-state index contributed by atoms with van der Waals surface area (Å²) in [6.07, 6.45) is -0.00932. The van der Waals surface area contributed by atoms with Gasteiger partial charge in [0.15, 0.2) is 0 Å². The summed E-state index contributed by atoms with van der Waals surface area (Å²) in [5.41, 5.74) is 6.30. The summed E-state index contributed by atoms with van der Waals surface area (Å²) >= 11 is 0. The normalized spacial score (nSPS) is 13.4. The Morgan fingerprint density at radius 1 is 1.03 bits per heavy atom. The Morgan fingerprint density at radius 2 is 1.71 bits per heavy atom. The average molecular weight is 476 g/mol. The molecule has 0 heterocycles. The first-order valence-electron chi connectivity index (χ1n) is 12.1. The minimum atomic E-state index is -0.927. The Labute approximate surface area is 208 Å². The molecule has 1 unspecified atom stereocenters. The molecule has 3 aromatic carbocycles. The van der Waals surface area contributed by atoms with Crippen molar-refractivity contribution in [2.24, 2.45) is 0 Å². The average Bonchev–Trinajstić information content (AvgIpc) is 2.82. The number of ether oxygens (including phenoxy) is 1. The van der Waals surface area contributed by atoms with Crippen molar-refractivity contribution in [1.29, 1.82) is 0 Å². The van der Waals surface area contributed by atoms with E-state index in [-0.39, 0.29) is 18.2 Å². The van der Waals surface area contributed by atoms with Gasteiger partial charge in [0.25, 0.3) is 0 Å². The van der Waals surface area contributed by atoms with Gasteiger partial charge in [0.05, 0.1) is 24.4 Å². The molecular formula is C30H37NO4. The van der Waals surface area contributed by atoms with Crippen LogP contribution < -0.4 is 5.32 Å². The fraction of sp³-hybridized carbons (Fsp3) is 0.367. The third kappa shape index (κ3) is 7.49. The van der Waals surface area contributed by atoms with Crippen LogP contribution in [0.25, 0.3) is 11.1 Å². The van der Waals surface area contributed by atoms with Gasteiger partial charge in [-0.25, -0.2) is 4.79 Å². The number of rotatable bonds is 11. The molecule has 0 spiro atoms. The van der Waals surface area contributed by atoms with E-state index >= 15 is 0 Å². The third-order valence-electron chi connectivity index (χ3n) is 6.29. The van der Waals surface area contributed by atoms with Crippen molar-refractivity contribution >= 4 is 5.97 Å². The Bertz CT molecular complexity index is 1140. The highest BCUT2D eigenvalue weighted by molar-refractivity contribution is 5.90. The van der Waals surface area contributed by atoms with Crippen LogP contribution in [0.2, 0.25) is 0 Å². The maximum absolute atomic E-state index is 11.4. The fourth-order valence-electron chi connectivity index (χ4n) is 4.26. The van der Waals surface area contributed by atoms with Crippen molar-refractivity contribution in [2.45, 2.75) is 58.8 Å². The second-order valence-corrected chi connectivity index (χ2v) is 9.98. The first-order valence-corrected chi connectivity index (χ1v) is 12.1. The lowest BCUT2D eigenvalue weighted by Gasteiger charge is -2.28. The van der Waals surface area contributed by atoms with Crippen LogP contribution in [0.1, 0.15) is 59.5 Å². The third-order valence-corrected chi connectivity index (χ3v) is 6.29. The van der Waals surface area contributed by atoms with E-state index in [1.807, 2.05) is 43.3 Å². The fourth-order valence-corrected chi connectivity index (χ4v) is 4.26. The van der Waals surface area contributed by atoms with Crippen LogP contribution >= 0.6 is 0 Å². The van der Waals surface area contributed by atoms with Crippen molar-refractivity contribution in [2.75, 3.05) is 13.2 Å². The summed E-state index contributed by atoms with van der Waals surface area (Å²) in [4.78, 5) is 11.4. The maximum Gasteiger partial charge on any atom is 0.335 e. The second-order valence-electron chi connectivity index (χ2n) is 9.98. The summed E-state index contributed by atoms with van der Waals surface area (Å²) < 4.78 is 6.06. The van der Waals surface area contributed by atoms with Gasteiger partial charge in [0.2, 0.25) is 0 Å². The largest absolute Gasteiger partial charge is 0.478 e. The standard InChI is InChI=1S/C30H37NO4/c1-20-10-12-23(13-11-20)17-30(4,5)31-18-25(32)19-35-22(3)27-8-6-7-9-28(27)24-14-15-26(29(33)34)21(2)16-24/h6-16,22,25,31-32H,17-19H2,1-5H3,(H,33,34)/t22?,25-/m1/s1. The van der Waals surface area contributed by atoms with E-state index < -0.39 is 12.1 Å². The molecule has 2 atom stereocenters. The highest BCUT2D eigenvalue weighted by atomic mass is 16.5. The number of β-amino-alcohol motifs (C(OH)–C–C–N with tert-alkyl or cyclic N) is 1. The number of hydrogen-bond acceptors (Lipinski definition) is 4. The molecule has 0 aliphatic carbocycles. The van der Waals surface area contributed by atoms with Gasteiger partial charge in [-0.2, -0.15) is 0 Å². The molecule has 3 rings (SSSR count). The van der Waals surface area contributed by atoms with Gasteiger partial charge in [0, 0.05) is 12.1 Å². The van der Waals surface area contributed by atoms with Crippen molar-refractivity contribution in [1.82, 2.24) is 5.32 Å². The number of aromatic carboxylic acids is 1. The van der Waals surface area contributed by atoms with Crippen molar-refractivity contribution in [3.8, 4) is 11.1 Å². The summed E-state index contributed by atoms with van der Waals surface area (Å²) in [5.74, 6) is -0.927. The minimum Gasteiger partial charge on any atom is -0.478 e. The van der Waals surface area contributed by atoms with E-state index in [2.05, 4.69) is 50.4 Å². The van der Waals surface area contributed by atoms with Crippen LogP contribution in [-0.2, 0) is 11.2 Å². The van der Waals surface area contributed by atoms with Crippen LogP contribution in [0.15, 0.2) is 66.7 Å². The minimum absolute atomic E-state index is 0.158. The van der Waals surface area contributed by atoms with E-state index in [4.69, 9.17) is 4.74 Å². The second kappa shape index (κ2) is 11.6. The summed E-state index contributed by atoms with van der Waals surface area (Å²) in [6.45, 7) is 10.8. The number of aliphatic hydroxyl groups is 1. The molecule has 0 aliphatic rings. The molecule has 0 radical (unpaired) electrons. The number of carbonyl (C=O) groups is 1. The molecule has 0 fully saturated rings. The van der Waals surface area contributed by atoms with E-state index in [0.717, 1.165) is 23.1 Å². The molecule has 0 aromatic heterocycles. The monoisotopic (exact) mass is 475 g/mol. The number of carboxylic acids is 1. The van der Waals surface area contributed by atoms with E-state index in [9.17, 15) is 15.0 Å². The zero-order valence-corrected chi connectivity index (χ0v) is 21.3. The van der Waals surface area contributed by atoms with Crippen molar-refractivity contribution in [3.05, 3.63) is 94.5 Å². The van der Waals surface area contributed by atoms with Gasteiger partial charge >= 0.3 is 5.97 Å². The maximum atomic E-state index is 11.4. The number of aryl methyl sites for hydroxylation is 2. The zero-order valence-electron chi connectivity index (χ0n) is 21.3. The lowest BCUT2D eigenvalue weighted by molar-refractivity contribution is -0.00397. The molecule has 0 saturated heterocycles. The smallest absolute Gasteiger partial charge is 0.335 e. The molecule has 0 aliphatic heterocycles. The summed E-state index contributed by atoms with van der Waals surface area (Å²) in [7, 11) is 0. The SMILES string of the molecule is Cc1ccc(CC(C)(C)NC[C@@H](O)COC(C)c2ccccc2-c2ccc(C(=O)O)c(C)c2)cc1.